The fourth-order valence-electron chi connectivity index (χ4n) is 2.25. The lowest BCUT2D eigenvalue weighted by atomic mass is 9.79. The van der Waals surface area contributed by atoms with Crippen molar-refractivity contribution < 1.29 is 0 Å². The molecule has 1 aliphatic rings. The summed E-state index contributed by atoms with van der Waals surface area (Å²) in [6, 6.07) is 8.46. The van der Waals surface area contributed by atoms with Crippen molar-refractivity contribution in [3.8, 4) is 0 Å². The Kier molecular flexibility index (Phi) is 3.34. The van der Waals surface area contributed by atoms with E-state index in [2.05, 4.69) is 56.4 Å². The van der Waals surface area contributed by atoms with Gasteiger partial charge in [-0.3, -0.25) is 0 Å². The van der Waals surface area contributed by atoms with Crippen molar-refractivity contribution in [1.29, 1.82) is 0 Å². The first-order valence-corrected chi connectivity index (χ1v) is 6.43. The predicted octanol–water partition coefficient (Wildman–Crippen LogP) is 4.48. The summed E-state index contributed by atoms with van der Waals surface area (Å²) in [7, 11) is 0. The van der Waals surface area contributed by atoms with Crippen LogP contribution in [0.2, 0.25) is 0 Å². The van der Waals surface area contributed by atoms with Crippen molar-refractivity contribution in [1.82, 2.24) is 0 Å². The minimum absolute atomic E-state index is 0.277. The van der Waals surface area contributed by atoms with Crippen LogP contribution in [-0.4, -0.2) is 4.86 Å². The third-order valence-electron chi connectivity index (χ3n) is 3.01. The number of allylic oxidation sites excluding steroid dienone is 2. The topological polar surface area (TPSA) is 12.0 Å². The van der Waals surface area contributed by atoms with Gasteiger partial charge in [0.2, 0.25) is 0 Å². The second-order valence-electron chi connectivity index (χ2n) is 5.64. The van der Waals surface area contributed by atoms with E-state index >= 15 is 0 Å². The highest BCUT2D eigenvalue weighted by Crippen LogP contribution is 2.34. The Morgan fingerprint density at radius 3 is 2.35 bits per heavy atom. The third kappa shape index (κ3) is 3.40. The van der Waals surface area contributed by atoms with Crippen LogP contribution in [0.1, 0.15) is 32.3 Å². The largest absolute Gasteiger partial charge is 0.359 e. The molecule has 17 heavy (non-hydrogen) atoms. The van der Waals surface area contributed by atoms with Gasteiger partial charge >= 0.3 is 0 Å². The Morgan fingerprint density at radius 1 is 1.12 bits per heavy atom. The molecule has 0 atom stereocenters. The average molecular weight is 245 g/mol. The molecule has 0 aromatic heterocycles. The maximum Gasteiger partial charge on any atom is 0.0381 e. The van der Waals surface area contributed by atoms with Crippen LogP contribution in [0.15, 0.2) is 36.0 Å². The standard InChI is InChI=1S/C15H19NS/c1-11-4-6-12(7-5-11)16-13-8-14(17)10-15(2,3)9-13/h4-8,16H,9-10H2,1-3H3. The summed E-state index contributed by atoms with van der Waals surface area (Å²) >= 11 is 5.35. The van der Waals surface area contributed by atoms with Gasteiger partial charge in [0.25, 0.3) is 0 Å². The molecule has 1 aliphatic carbocycles. The second kappa shape index (κ2) is 4.61. The lowest BCUT2D eigenvalue weighted by Gasteiger charge is -2.30. The van der Waals surface area contributed by atoms with Crippen LogP contribution in [0.5, 0.6) is 0 Å². The molecule has 0 aliphatic heterocycles. The van der Waals surface area contributed by atoms with E-state index in [0.717, 1.165) is 23.4 Å². The predicted molar refractivity (Wildman–Crippen MR) is 78.5 cm³/mol. The van der Waals surface area contributed by atoms with Crippen molar-refractivity contribution in [2.45, 2.75) is 33.6 Å². The van der Waals surface area contributed by atoms with Crippen LogP contribution in [-0.2, 0) is 0 Å². The smallest absolute Gasteiger partial charge is 0.0381 e. The van der Waals surface area contributed by atoms with Gasteiger partial charge in [-0.1, -0.05) is 43.8 Å². The van der Waals surface area contributed by atoms with Crippen molar-refractivity contribution in [2.75, 3.05) is 5.32 Å². The van der Waals surface area contributed by atoms with Crippen LogP contribution >= 0.6 is 12.2 Å². The second-order valence-corrected chi connectivity index (χ2v) is 6.17. The number of anilines is 1. The van der Waals surface area contributed by atoms with E-state index in [4.69, 9.17) is 12.2 Å². The summed E-state index contributed by atoms with van der Waals surface area (Å²) in [6.45, 7) is 6.63. The first kappa shape index (κ1) is 12.3. The average Bonchev–Trinajstić information content (AvgIpc) is 2.18. The highest BCUT2D eigenvalue weighted by Gasteiger charge is 2.25. The zero-order valence-corrected chi connectivity index (χ0v) is 11.5. The fraction of sp³-hybridized carbons (Fsp3) is 0.400. The van der Waals surface area contributed by atoms with Crippen molar-refractivity contribution >= 4 is 22.8 Å². The van der Waals surface area contributed by atoms with Gasteiger partial charge in [-0.2, -0.15) is 0 Å². The maximum atomic E-state index is 5.35. The molecule has 0 heterocycles. The Labute approximate surface area is 109 Å². The summed E-state index contributed by atoms with van der Waals surface area (Å²) in [5.74, 6) is 0. The Morgan fingerprint density at radius 2 is 1.76 bits per heavy atom. The first-order chi connectivity index (χ1) is 7.94. The lowest BCUT2D eigenvalue weighted by Crippen LogP contribution is -2.23. The van der Waals surface area contributed by atoms with E-state index in [9.17, 15) is 0 Å². The number of benzene rings is 1. The van der Waals surface area contributed by atoms with Crippen molar-refractivity contribution in [2.24, 2.45) is 5.41 Å². The molecule has 1 aromatic rings. The van der Waals surface area contributed by atoms with Gasteiger partial charge < -0.3 is 5.32 Å². The molecule has 90 valence electrons. The zero-order valence-electron chi connectivity index (χ0n) is 10.7. The van der Waals surface area contributed by atoms with Gasteiger partial charge in [-0.05, 0) is 43.4 Å². The van der Waals surface area contributed by atoms with E-state index in [1.807, 2.05) is 0 Å². The number of rotatable bonds is 2. The minimum Gasteiger partial charge on any atom is -0.359 e. The van der Waals surface area contributed by atoms with E-state index in [0.29, 0.717) is 0 Å². The molecule has 0 saturated carbocycles. The summed E-state index contributed by atoms with van der Waals surface area (Å²) in [6.07, 6.45) is 4.18. The van der Waals surface area contributed by atoms with E-state index in [1.165, 1.54) is 11.3 Å². The molecular formula is C15H19NS. The summed E-state index contributed by atoms with van der Waals surface area (Å²) in [5, 5.41) is 3.47. The van der Waals surface area contributed by atoms with Gasteiger partial charge in [-0.25, -0.2) is 0 Å². The summed E-state index contributed by atoms with van der Waals surface area (Å²) in [4.78, 5) is 1.05. The van der Waals surface area contributed by atoms with Gasteiger partial charge in [0.15, 0.2) is 0 Å². The van der Waals surface area contributed by atoms with Crippen molar-refractivity contribution in [3.63, 3.8) is 0 Å². The Hall–Kier alpha value is -1.15. The van der Waals surface area contributed by atoms with Crippen LogP contribution in [0.25, 0.3) is 0 Å². The minimum atomic E-state index is 0.277. The molecule has 2 rings (SSSR count). The van der Waals surface area contributed by atoms with E-state index in [-0.39, 0.29) is 5.41 Å². The molecule has 2 heteroatoms. The molecule has 0 bridgehead atoms. The molecule has 0 unspecified atom stereocenters. The molecule has 0 fully saturated rings. The van der Waals surface area contributed by atoms with E-state index < -0.39 is 0 Å². The van der Waals surface area contributed by atoms with Crippen LogP contribution in [0.4, 0.5) is 5.69 Å². The van der Waals surface area contributed by atoms with E-state index in [1.54, 1.807) is 0 Å². The van der Waals surface area contributed by atoms with Gasteiger partial charge in [0.1, 0.15) is 0 Å². The molecular weight excluding hydrogens is 226 g/mol. The number of nitrogens with one attached hydrogen (secondary N) is 1. The third-order valence-corrected chi connectivity index (χ3v) is 3.28. The fourth-order valence-corrected chi connectivity index (χ4v) is 2.78. The summed E-state index contributed by atoms with van der Waals surface area (Å²) < 4.78 is 0. The number of hydrogen-bond acceptors (Lipinski definition) is 2. The molecule has 0 saturated heterocycles. The van der Waals surface area contributed by atoms with Crippen LogP contribution < -0.4 is 5.32 Å². The number of aryl methyl sites for hydroxylation is 1. The molecule has 1 aromatic carbocycles. The Bertz CT molecular complexity index is 454. The monoisotopic (exact) mass is 245 g/mol. The van der Waals surface area contributed by atoms with Gasteiger partial charge in [-0.15, -0.1) is 0 Å². The normalized spacial score (nSPS) is 18.8. The quantitative estimate of drug-likeness (QED) is 0.771. The summed E-state index contributed by atoms with van der Waals surface area (Å²) in [5.41, 5.74) is 3.93. The maximum absolute atomic E-state index is 5.35. The SMILES string of the molecule is Cc1ccc(NC2=CC(=S)CC(C)(C)C2)cc1. The highest BCUT2D eigenvalue weighted by molar-refractivity contribution is 7.80. The van der Waals surface area contributed by atoms with Gasteiger partial charge in [0, 0.05) is 16.2 Å². The molecule has 1 nitrogen and oxygen atoms in total. The highest BCUT2D eigenvalue weighted by atomic mass is 32.1. The first-order valence-electron chi connectivity index (χ1n) is 6.02. The number of hydrogen-bond donors (Lipinski definition) is 1. The zero-order chi connectivity index (χ0) is 12.5. The van der Waals surface area contributed by atoms with Crippen LogP contribution in [0, 0.1) is 12.3 Å². The molecule has 0 radical (unpaired) electrons. The molecule has 1 N–H and O–H groups in total. The lowest BCUT2D eigenvalue weighted by molar-refractivity contribution is 0.376. The number of thiocarbonyl (C=S) groups is 1. The molecule has 0 amide bonds. The Balaban J connectivity index is 2.13. The van der Waals surface area contributed by atoms with Gasteiger partial charge in [0.05, 0.1) is 0 Å². The van der Waals surface area contributed by atoms with Crippen LogP contribution in [0.3, 0.4) is 0 Å². The van der Waals surface area contributed by atoms with Crippen molar-refractivity contribution in [3.05, 3.63) is 41.6 Å². The molecule has 0 spiro atoms.